The van der Waals surface area contributed by atoms with E-state index in [-0.39, 0.29) is 11.4 Å². The molecule has 17 heavy (non-hydrogen) atoms. The first kappa shape index (κ1) is 12.8. The van der Waals surface area contributed by atoms with Crippen LogP contribution in [0.1, 0.15) is 13.8 Å². The number of nitrogens with zero attached hydrogens (tertiary/aromatic N) is 2. The second kappa shape index (κ2) is 5.33. The Kier molecular flexibility index (Phi) is 4.01. The van der Waals surface area contributed by atoms with Crippen LogP contribution in [0.25, 0.3) is 0 Å². The van der Waals surface area contributed by atoms with Crippen LogP contribution in [0, 0.1) is 0 Å². The fraction of sp³-hybridized carbons (Fsp3) is 0.917. The minimum atomic E-state index is -0.389. The van der Waals surface area contributed by atoms with Gasteiger partial charge in [0.15, 0.2) is 0 Å². The molecule has 0 aromatic carbocycles. The lowest BCUT2D eigenvalue weighted by Crippen LogP contribution is -2.61. The number of ether oxygens (including phenoxy) is 1. The van der Waals surface area contributed by atoms with E-state index in [1.165, 1.54) is 0 Å². The zero-order valence-electron chi connectivity index (χ0n) is 10.9. The van der Waals surface area contributed by atoms with Gasteiger partial charge < -0.3 is 15.0 Å². The highest BCUT2D eigenvalue weighted by Crippen LogP contribution is 2.19. The number of hydrogen-bond donors (Lipinski definition) is 1. The molecule has 2 aliphatic heterocycles. The summed E-state index contributed by atoms with van der Waals surface area (Å²) >= 11 is 0. The van der Waals surface area contributed by atoms with Gasteiger partial charge in [-0.3, -0.25) is 9.69 Å². The van der Waals surface area contributed by atoms with Crippen LogP contribution in [-0.2, 0) is 9.53 Å². The molecule has 1 N–H and O–H groups in total. The maximum Gasteiger partial charge on any atom is 0.242 e. The maximum atomic E-state index is 12.5. The molecule has 0 bridgehead atoms. The number of morpholine rings is 1. The normalized spacial score (nSPS) is 23.8. The largest absolute Gasteiger partial charge is 0.378 e. The van der Waals surface area contributed by atoms with E-state index in [0.29, 0.717) is 13.2 Å². The Balaban J connectivity index is 1.99. The molecule has 98 valence electrons. The molecule has 1 amide bonds. The lowest BCUT2D eigenvalue weighted by molar-refractivity contribution is -0.147. The molecule has 2 aliphatic rings. The molecule has 0 aliphatic carbocycles. The van der Waals surface area contributed by atoms with Crippen LogP contribution in [-0.4, -0.2) is 73.7 Å². The SMILES string of the molecule is CC(C)(C(=O)N1CCOCC1)N1CCNCC1. The van der Waals surface area contributed by atoms with Gasteiger partial charge in [-0.25, -0.2) is 0 Å². The molecule has 2 saturated heterocycles. The van der Waals surface area contributed by atoms with Crippen LogP contribution < -0.4 is 5.32 Å². The van der Waals surface area contributed by atoms with E-state index in [1.807, 2.05) is 18.7 Å². The lowest BCUT2D eigenvalue weighted by Gasteiger charge is -2.43. The number of carbonyl (C=O) groups excluding carboxylic acids is 1. The van der Waals surface area contributed by atoms with Gasteiger partial charge in [0.25, 0.3) is 0 Å². The second-order valence-electron chi connectivity index (χ2n) is 5.20. The van der Waals surface area contributed by atoms with Crippen molar-refractivity contribution in [1.29, 1.82) is 0 Å². The molecule has 0 atom stereocenters. The first-order valence-corrected chi connectivity index (χ1v) is 6.45. The van der Waals surface area contributed by atoms with Crippen molar-refractivity contribution in [3.8, 4) is 0 Å². The summed E-state index contributed by atoms with van der Waals surface area (Å²) in [4.78, 5) is 16.7. The zero-order valence-corrected chi connectivity index (χ0v) is 10.9. The van der Waals surface area contributed by atoms with Gasteiger partial charge in [0.2, 0.25) is 5.91 Å². The van der Waals surface area contributed by atoms with Gasteiger partial charge in [-0.15, -0.1) is 0 Å². The molecule has 5 nitrogen and oxygen atoms in total. The summed E-state index contributed by atoms with van der Waals surface area (Å²) in [5.74, 6) is 0.239. The van der Waals surface area contributed by atoms with Crippen molar-refractivity contribution in [1.82, 2.24) is 15.1 Å². The molecule has 0 saturated carbocycles. The Bertz CT molecular complexity index is 269. The van der Waals surface area contributed by atoms with Crippen molar-refractivity contribution in [2.45, 2.75) is 19.4 Å². The Morgan fingerprint density at radius 1 is 1.12 bits per heavy atom. The van der Waals surface area contributed by atoms with Gasteiger partial charge >= 0.3 is 0 Å². The minimum Gasteiger partial charge on any atom is -0.378 e. The van der Waals surface area contributed by atoms with Gasteiger partial charge in [-0.05, 0) is 13.8 Å². The average Bonchev–Trinajstić information content (AvgIpc) is 2.40. The van der Waals surface area contributed by atoms with Crippen molar-refractivity contribution in [3.05, 3.63) is 0 Å². The number of carbonyl (C=O) groups is 1. The summed E-state index contributed by atoms with van der Waals surface area (Å²) in [5.41, 5.74) is -0.389. The second-order valence-corrected chi connectivity index (χ2v) is 5.20. The number of hydrogen-bond acceptors (Lipinski definition) is 4. The van der Waals surface area contributed by atoms with Crippen LogP contribution in [0.2, 0.25) is 0 Å². The molecule has 2 heterocycles. The zero-order chi connectivity index (χ0) is 12.3. The van der Waals surface area contributed by atoms with Crippen LogP contribution in [0.15, 0.2) is 0 Å². The highest BCUT2D eigenvalue weighted by molar-refractivity contribution is 5.85. The molecule has 0 spiro atoms. The van der Waals surface area contributed by atoms with Crippen molar-refractivity contribution < 1.29 is 9.53 Å². The minimum absolute atomic E-state index is 0.239. The van der Waals surface area contributed by atoms with Gasteiger partial charge in [-0.2, -0.15) is 0 Å². The van der Waals surface area contributed by atoms with E-state index in [1.54, 1.807) is 0 Å². The monoisotopic (exact) mass is 241 g/mol. The van der Waals surface area contributed by atoms with E-state index in [9.17, 15) is 4.79 Å². The van der Waals surface area contributed by atoms with E-state index < -0.39 is 0 Å². The van der Waals surface area contributed by atoms with Gasteiger partial charge in [0, 0.05) is 39.3 Å². The predicted molar refractivity (Wildman–Crippen MR) is 65.9 cm³/mol. The van der Waals surface area contributed by atoms with Gasteiger partial charge in [0.05, 0.1) is 18.8 Å². The molecule has 2 fully saturated rings. The summed E-state index contributed by atoms with van der Waals surface area (Å²) in [6.45, 7) is 10.7. The van der Waals surface area contributed by atoms with Gasteiger partial charge in [0.1, 0.15) is 0 Å². The topological polar surface area (TPSA) is 44.8 Å². The summed E-state index contributed by atoms with van der Waals surface area (Å²) in [6.07, 6.45) is 0. The Morgan fingerprint density at radius 2 is 1.71 bits per heavy atom. The quantitative estimate of drug-likeness (QED) is 0.710. The summed E-state index contributed by atoms with van der Waals surface area (Å²) in [6, 6.07) is 0. The number of rotatable bonds is 2. The summed E-state index contributed by atoms with van der Waals surface area (Å²) < 4.78 is 5.29. The molecule has 2 rings (SSSR count). The van der Waals surface area contributed by atoms with Crippen LogP contribution in [0.3, 0.4) is 0 Å². The fourth-order valence-corrected chi connectivity index (χ4v) is 2.51. The average molecular weight is 241 g/mol. The molecule has 0 radical (unpaired) electrons. The number of piperazine rings is 1. The molecule has 0 aromatic rings. The smallest absolute Gasteiger partial charge is 0.242 e. The van der Waals surface area contributed by atoms with Gasteiger partial charge in [-0.1, -0.05) is 0 Å². The third-order valence-corrected chi connectivity index (χ3v) is 3.73. The highest BCUT2D eigenvalue weighted by Gasteiger charge is 2.38. The van der Waals surface area contributed by atoms with Crippen molar-refractivity contribution in [2.24, 2.45) is 0 Å². The molecule has 5 heteroatoms. The molecule has 0 unspecified atom stereocenters. The molecular weight excluding hydrogens is 218 g/mol. The summed E-state index contributed by atoms with van der Waals surface area (Å²) in [7, 11) is 0. The number of nitrogens with one attached hydrogen (secondary N) is 1. The van der Waals surface area contributed by atoms with Crippen molar-refractivity contribution in [2.75, 3.05) is 52.5 Å². The van der Waals surface area contributed by atoms with Crippen LogP contribution >= 0.6 is 0 Å². The van der Waals surface area contributed by atoms with Crippen molar-refractivity contribution >= 4 is 5.91 Å². The Hall–Kier alpha value is -0.650. The van der Waals surface area contributed by atoms with E-state index in [4.69, 9.17) is 4.74 Å². The molecule has 0 aromatic heterocycles. The third kappa shape index (κ3) is 2.78. The van der Waals surface area contributed by atoms with Crippen LogP contribution in [0.5, 0.6) is 0 Å². The van der Waals surface area contributed by atoms with E-state index in [0.717, 1.165) is 39.3 Å². The number of amides is 1. The molecular formula is C12H23N3O2. The standard InChI is InChI=1S/C12H23N3O2/c1-12(2,15-5-3-13-4-6-15)11(16)14-7-9-17-10-8-14/h13H,3-10H2,1-2H3. The predicted octanol–water partition coefficient (Wildman–Crippen LogP) is -0.471. The van der Waals surface area contributed by atoms with Crippen molar-refractivity contribution in [3.63, 3.8) is 0 Å². The first-order valence-electron chi connectivity index (χ1n) is 6.45. The van der Waals surface area contributed by atoms with Crippen LogP contribution in [0.4, 0.5) is 0 Å². The highest BCUT2D eigenvalue weighted by atomic mass is 16.5. The summed E-state index contributed by atoms with van der Waals surface area (Å²) in [5, 5.41) is 3.32. The Labute approximate surface area is 103 Å². The third-order valence-electron chi connectivity index (χ3n) is 3.73. The fourth-order valence-electron chi connectivity index (χ4n) is 2.51. The maximum absolute atomic E-state index is 12.5. The van der Waals surface area contributed by atoms with E-state index >= 15 is 0 Å². The van der Waals surface area contributed by atoms with E-state index in [2.05, 4.69) is 10.2 Å². The first-order chi connectivity index (χ1) is 8.12. The lowest BCUT2D eigenvalue weighted by atomic mass is 9.99. The Morgan fingerprint density at radius 3 is 2.29 bits per heavy atom.